The number of ether oxygens (including phenoxy) is 1. The SMILES string of the molecule is CC.COC(=O)c1csc2nc(-c3ccccn3)nc(Cl)c12. The Morgan fingerprint density at radius 3 is 2.68 bits per heavy atom. The molecule has 5 nitrogen and oxygen atoms in total. The van der Waals surface area contributed by atoms with Crippen molar-refractivity contribution in [3.8, 4) is 11.5 Å². The van der Waals surface area contributed by atoms with Gasteiger partial charge in [0.2, 0.25) is 0 Å². The minimum Gasteiger partial charge on any atom is -0.465 e. The normalized spacial score (nSPS) is 10.0. The molecular formula is C15H14ClN3O2S. The van der Waals surface area contributed by atoms with Gasteiger partial charge in [0.1, 0.15) is 15.7 Å². The van der Waals surface area contributed by atoms with E-state index in [0.29, 0.717) is 27.3 Å². The fraction of sp³-hybridized carbons (Fsp3) is 0.200. The van der Waals surface area contributed by atoms with Crippen molar-refractivity contribution in [3.05, 3.63) is 40.5 Å². The van der Waals surface area contributed by atoms with E-state index >= 15 is 0 Å². The predicted molar refractivity (Wildman–Crippen MR) is 88.3 cm³/mol. The highest BCUT2D eigenvalue weighted by molar-refractivity contribution is 7.17. The molecule has 114 valence electrons. The maximum atomic E-state index is 11.7. The van der Waals surface area contributed by atoms with E-state index in [1.165, 1.54) is 18.4 Å². The van der Waals surface area contributed by atoms with Crippen LogP contribution in [0.15, 0.2) is 29.8 Å². The maximum Gasteiger partial charge on any atom is 0.339 e. The molecular weight excluding hydrogens is 322 g/mol. The van der Waals surface area contributed by atoms with Crippen LogP contribution in [0, 0.1) is 0 Å². The number of fused-ring (bicyclic) bond motifs is 1. The fourth-order valence-corrected chi connectivity index (χ4v) is 3.00. The van der Waals surface area contributed by atoms with Crippen molar-refractivity contribution < 1.29 is 9.53 Å². The molecule has 0 N–H and O–H groups in total. The van der Waals surface area contributed by atoms with Gasteiger partial charge in [-0.1, -0.05) is 31.5 Å². The summed E-state index contributed by atoms with van der Waals surface area (Å²) in [5.74, 6) is -0.0197. The Morgan fingerprint density at radius 2 is 2.05 bits per heavy atom. The first kappa shape index (κ1) is 16.3. The number of carbonyl (C=O) groups excluding carboxylic acids is 1. The first-order valence-electron chi connectivity index (χ1n) is 6.65. The number of rotatable bonds is 2. The second-order valence-corrected chi connectivity index (χ2v) is 5.09. The quantitative estimate of drug-likeness (QED) is 0.518. The van der Waals surface area contributed by atoms with Crippen molar-refractivity contribution in [2.45, 2.75) is 13.8 Å². The van der Waals surface area contributed by atoms with Crippen LogP contribution in [-0.4, -0.2) is 28.0 Å². The summed E-state index contributed by atoms with van der Waals surface area (Å²) in [6.07, 6.45) is 1.66. The summed E-state index contributed by atoms with van der Waals surface area (Å²) in [6.45, 7) is 4.00. The summed E-state index contributed by atoms with van der Waals surface area (Å²) in [6, 6.07) is 5.45. The van der Waals surface area contributed by atoms with Gasteiger partial charge in [0.05, 0.1) is 18.1 Å². The molecule has 0 aliphatic heterocycles. The highest BCUT2D eigenvalue weighted by Gasteiger charge is 2.18. The van der Waals surface area contributed by atoms with Gasteiger partial charge in [0, 0.05) is 11.6 Å². The lowest BCUT2D eigenvalue weighted by molar-refractivity contribution is 0.0603. The molecule has 0 amide bonds. The number of pyridine rings is 1. The van der Waals surface area contributed by atoms with E-state index in [2.05, 4.69) is 15.0 Å². The third kappa shape index (κ3) is 3.08. The molecule has 3 rings (SSSR count). The van der Waals surface area contributed by atoms with E-state index in [9.17, 15) is 4.79 Å². The molecule has 22 heavy (non-hydrogen) atoms. The van der Waals surface area contributed by atoms with E-state index < -0.39 is 5.97 Å². The van der Waals surface area contributed by atoms with Gasteiger partial charge in [-0.2, -0.15) is 0 Å². The van der Waals surface area contributed by atoms with Crippen LogP contribution in [0.2, 0.25) is 5.15 Å². The molecule has 0 bridgehead atoms. The van der Waals surface area contributed by atoms with E-state index in [0.717, 1.165) is 0 Å². The number of hydrogen-bond donors (Lipinski definition) is 0. The summed E-state index contributed by atoms with van der Waals surface area (Å²) in [7, 11) is 1.32. The standard InChI is InChI=1S/C13H8ClN3O2S.C2H6/c1-19-13(18)7-6-20-12-9(7)10(14)16-11(17-12)8-4-2-3-5-15-8;1-2/h2-6H,1H3;1-2H3. The Bertz CT molecular complexity index is 790. The van der Waals surface area contributed by atoms with Crippen LogP contribution >= 0.6 is 22.9 Å². The molecule has 3 heterocycles. The minimum absolute atomic E-state index is 0.220. The van der Waals surface area contributed by atoms with Crippen LogP contribution in [0.25, 0.3) is 21.7 Å². The Labute approximate surface area is 137 Å². The Balaban J connectivity index is 0.000000847. The summed E-state index contributed by atoms with van der Waals surface area (Å²) >= 11 is 7.50. The van der Waals surface area contributed by atoms with E-state index in [1.807, 2.05) is 26.0 Å². The van der Waals surface area contributed by atoms with Gasteiger partial charge in [-0.3, -0.25) is 4.98 Å². The van der Waals surface area contributed by atoms with Gasteiger partial charge in [-0.25, -0.2) is 14.8 Å². The molecule has 3 aromatic rings. The monoisotopic (exact) mass is 335 g/mol. The number of aromatic nitrogens is 3. The topological polar surface area (TPSA) is 65.0 Å². The van der Waals surface area contributed by atoms with Crippen molar-refractivity contribution >= 4 is 39.1 Å². The van der Waals surface area contributed by atoms with Crippen molar-refractivity contribution in [2.24, 2.45) is 0 Å². The third-order valence-corrected chi connectivity index (χ3v) is 3.83. The molecule has 0 aromatic carbocycles. The van der Waals surface area contributed by atoms with Gasteiger partial charge in [-0.15, -0.1) is 11.3 Å². The number of nitrogens with zero attached hydrogens (tertiary/aromatic N) is 3. The lowest BCUT2D eigenvalue weighted by Gasteiger charge is -2.02. The van der Waals surface area contributed by atoms with Gasteiger partial charge >= 0.3 is 5.97 Å². The molecule has 0 spiro atoms. The summed E-state index contributed by atoms with van der Waals surface area (Å²) in [5.41, 5.74) is 1.01. The van der Waals surface area contributed by atoms with E-state index in [-0.39, 0.29) is 5.15 Å². The van der Waals surface area contributed by atoms with Gasteiger partial charge in [-0.05, 0) is 12.1 Å². The van der Waals surface area contributed by atoms with Crippen LogP contribution in [0.4, 0.5) is 0 Å². The van der Waals surface area contributed by atoms with Gasteiger partial charge in [0.25, 0.3) is 0 Å². The zero-order valence-electron chi connectivity index (χ0n) is 12.3. The van der Waals surface area contributed by atoms with Crippen LogP contribution in [-0.2, 0) is 4.74 Å². The third-order valence-electron chi connectivity index (χ3n) is 2.69. The molecule has 0 unspecified atom stereocenters. The van der Waals surface area contributed by atoms with Crippen molar-refractivity contribution in [2.75, 3.05) is 7.11 Å². The molecule has 0 fully saturated rings. The molecule has 7 heteroatoms. The number of esters is 1. The van der Waals surface area contributed by atoms with Crippen LogP contribution in [0.3, 0.4) is 0 Å². The fourth-order valence-electron chi connectivity index (χ4n) is 1.77. The molecule has 0 saturated heterocycles. The lowest BCUT2D eigenvalue weighted by atomic mass is 10.2. The predicted octanol–water partition coefficient (Wildman–Crippen LogP) is 4.22. The molecule has 0 saturated carbocycles. The second-order valence-electron chi connectivity index (χ2n) is 3.87. The average molecular weight is 336 g/mol. The summed E-state index contributed by atoms with van der Waals surface area (Å²) < 4.78 is 4.71. The van der Waals surface area contributed by atoms with Crippen LogP contribution in [0.1, 0.15) is 24.2 Å². The highest BCUT2D eigenvalue weighted by Crippen LogP contribution is 2.31. The molecule has 0 aliphatic carbocycles. The van der Waals surface area contributed by atoms with Gasteiger partial charge < -0.3 is 4.74 Å². The minimum atomic E-state index is -0.452. The number of hydrogen-bond acceptors (Lipinski definition) is 6. The van der Waals surface area contributed by atoms with Crippen molar-refractivity contribution in [1.82, 2.24) is 15.0 Å². The Hall–Kier alpha value is -2.05. The number of carbonyl (C=O) groups is 1. The highest BCUT2D eigenvalue weighted by atomic mass is 35.5. The van der Waals surface area contributed by atoms with Crippen LogP contribution in [0.5, 0.6) is 0 Å². The van der Waals surface area contributed by atoms with Crippen molar-refractivity contribution in [3.63, 3.8) is 0 Å². The zero-order valence-corrected chi connectivity index (χ0v) is 13.9. The van der Waals surface area contributed by atoms with E-state index in [1.54, 1.807) is 17.6 Å². The number of halogens is 1. The largest absolute Gasteiger partial charge is 0.465 e. The lowest BCUT2D eigenvalue weighted by Crippen LogP contribution is -2.01. The Kier molecular flexibility index (Phi) is 5.41. The molecule has 0 aliphatic rings. The summed E-state index contributed by atoms with van der Waals surface area (Å²) in [5, 5.41) is 2.40. The molecule has 0 radical (unpaired) electrons. The molecule has 0 atom stereocenters. The first-order valence-corrected chi connectivity index (χ1v) is 7.91. The second kappa shape index (κ2) is 7.29. The van der Waals surface area contributed by atoms with E-state index in [4.69, 9.17) is 16.3 Å². The number of methoxy groups -OCH3 is 1. The Morgan fingerprint density at radius 1 is 1.27 bits per heavy atom. The zero-order chi connectivity index (χ0) is 16.1. The van der Waals surface area contributed by atoms with Crippen molar-refractivity contribution in [1.29, 1.82) is 0 Å². The smallest absolute Gasteiger partial charge is 0.339 e. The first-order chi connectivity index (χ1) is 10.7. The number of thiophene rings is 1. The summed E-state index contributed by atoms with van der Waals surface area (Å²) in [4.78, 5) is 25.1. The average Bonchev–Trinajstić information content (AvgIpc) is 3.01. The molecule has 3 aromatic heterocycles. The maximum absolute atomic E-state index is 11.7. The van der Waals surface area contributed by atoms with Crippen LogP contribution < -0.4 is 0 Å². The van der Waals surface area contributed by atoms with Gasteiger partial charge in [0.15, 0.2) is 5.82 Å².